The Labute approximate surface area is 88.4 Å². The third-order valence-corrected chi connectivity index (χ3v) is 3.49. The lowest BCUT2D eigenvalue weighted by atomic mass is 10.2. The Kier molecular flexibility index (Phi) is 2.09. The first-order chi connectivity index (χ1) is 6.89. The van der Waals surface area contributed by atoms with Crippen LogP contribution in [0.1, 0.15) is 5.69 Å². The summed E-state index contributed by atoms with van der Waals surface area (Å²) < 4.78 is 24.3. The van der Waals surface area contributed by atoms with Gasteiger partial charge in [-0.15, -0.1) is 0 Å². The van der Waals surface area contributed by atoms with E-state index < -0.39 is 10.0 Å². The molecular formula is C10H12N2O2S. The van der Waals surface area contributed by atoms with Crippen LogP contribution in [0.5, 0.6) is 0 Å². The normalized spacial score (nSPS) is 12.2. The first kappa shape index (κ1) is 10.2. The number of nitrogens with two attached hydrogens (primary N) is 1. The van der Waals surface area contributed by atoms with Gasteiger partial charge in [-0.3, -0.25) is 0 Å². The van der Waals surface area contributed by atoms with Gasteiger partial charge in [0.05, 0.1) is 4.90 Å². The molecule has 0 aliphatic carbocycles. The molecule has 0 atom stereocenters. The molecule has 4 nitrogen and oxygen atoms in total. The second kappa shape index (κ2) is 3.08. The maximum absolute atomic E-state index is 11.1. The predicted octanol–water partition coefficient (Wildman–Crippen LogP) is 1.13. The lowest BCUT2D eigenvalue weighted by molar-refractivity contribution is 0.598. The lowest BCUT2D eigenvalue weighted by Gasteiger charge is -2.00. The van der Waals surface area contributed by atoms with Crippen LogP contribution >= 0.6 is 0 Å². The molecule has 1 aromatic carbocycles. The molecule has 0 saturated heterocycles. The molecule has 0 aliphatic heterocycles. The quantitative estimate of drug-likeness (QED) is 0.789. The summed E-state index contributed by atoms with van der Waals surface area (Å²) in [4.78, 5) is 0.153. The molecule has 1 aromatic heterocycles. The van der Waals surface area contributed by atoms with E-state index in [4.69, 9.17) is 5.14 Å². The Bertz CT molecular complexity index is 626. The number of rotatable bonds is 1. The SMILES string of the molecule is Cc1cc2cc(S(N)(=O)=O)ccc2n1C. The number of fused-ring (bicyclic) bond motifs is 1. The van der Waals surface area contributed by atoms with Crippen LogP contribution in [0.2, 0.25) is 0 Å². The largest absolute Gasteiger partial charge is 0.348 e. The maximum atomic E-state index is 11.1. The van der Waals surface area contributed by atoms with Gasteiger partial charge in [-0.25, -0.2) is 13.6 Å². The molecule has 1 heterocycles. The fourth-order valence-electron chi connectivity index (χ4n) is 1.64. The van der Waals surface area contributed by atoms with E-state index in [1.54, 1.807) is 12.1 Å². The van der Waals surface area contributed by atoms with Crippen molar-refractivity contribution in [3.8, 4) is 0 Å². The monoisotopic (exact) mass is 224 g/mol. The standard InChI is InChI=1S/C10H12N2O2S/c1-7-5-8-6-9(15(11,13)14)3-4-10(8)12(7)2/h3-6H,1-2H3,(H2,11,13,14). The molecule has 0 radical (unpaired) electrons. The van der Waals surface area contributed by atoms with Crippen molar-refractivity contribution in [1.29, 1.82) is 0 Å². The molecule has 15 heavy (non-hydrogen) atoms. The molecule has 0 aliphatic rings. The Balaban J connectivity index is 2.78. The fourth-order valence-corrected chi connectivity index (χ4v) is 2.19. The number of nitrogens with zero attached hydrogens (tertiary/aromatic N) is 1. The van der Waals surface area contributed by atoms with Crippen LogP contribution in [0.4, 0.5) is 0 Å². The Morgan fingerprint density at radius 1 is 1.27 bits per heavy atom. The van der Waals surface area contributed by atoms with E-state index in [2.05, 4.69) is 0 Å². The van der Waals surface area contributed by atoms with Crippen LogP contribution in [-0.2, 0) is 17.1 Å². The van der Waals surface area contributed by atoms with Crippen LogP contribution in [0.15, 0.2) is 29.2 Å². The maximum Gasteiger partial charge on any atom is 0.238 e. The lowest BCUT2D eigenvalue weighted by Crippen LogP contribution is -2.11. The summed E-state index contributed by atoms with van der Waals surface area (Å²) >= 11 is 0. The zero-order valence-electron chi connectivity index (χ0n) is 8.56. The minimum absolute atomic E-state index is 0.153. The molecule has 0 fully saturated rings. The highest BCUT2D eigenvalue weighted by atomic mass is 32.2. The molecule has 2 rings (SSSR count). The van der Waals surface area contributed by atoms with Gasteiger partial charge >= 0.3 is 0 Å². The van der Waals surface area contributed by atoms with Crippen LogP contribution in [0, 0.1) is 6.92 Å². The Morgan fingerprint density at radius 3 is 2.53 bits per heavy atom. The summed E-state index contributed by atoms with van der Waals surface area (Å²) in [5, 5.41) is 5.95. The minimum Gasteiger partial charge on any atom is -0.348 e. The number of hydrogen-bond acceptors (Lipinski definition) is 2. The van der Waals surface area contributed by atoms with Crippen LogP contribution in [0.3, 0.4) is 0 Å². The zero-order valence-corrected chi connectivity index (χ0v) is 9.38. The topological polar surface area (TPSA) is 65.1 Å². The van der Waals surface area contributed by atoms with Crippen molar-refractivity contribution >= 4 is 20.9 Å². The van der Waals surface area contributed by atoms with Crippen molar-refractivity contribution in [2.45, 2.75) is 11.8 Å². The molecule has 5 heteroatoms. The van der Waals surface area contributed by atoms with E-state index in [0.29, 0.717) is 0 Å². The highest BCUT2D eigenvalue weighted by molar-refractivity contribution is 7.89. The summed E-state index contributed by atoms with van der Waals surface area (Å²) in [6, 6.07) is 6.82. The van der Waals surface area contributed by atoms with Gasteiger partial charge in [-0.05, 0) is 31.2 Å². The van der Waals surface area contributed by atoms with Gasteiger partial charge in [0.2, 0.25) is 10.0 Å². The van der Waals surface area contributed by atoms with E-state index >= 15 is 0 Å². The number of sulfonamides is 1. The Hall–Kier alpha value is -1.33. The molecule has 0 unspecified atom stereocenters. The van der Waals surface area contributed by atoms with E-state index in [1.807, 2.05) is 24.6 Å². The number of hydrogen-bond donors (Lipinski definition) is 1. The summed E-state index contributed by atoms with van der Waals surface area (Å²) in [5.74, 6) is 0. The molecule has 2 N–H and O–H groups in total. The predicted molar refractivity (Wildman–Crippen MR) is 59.0 cm³/mol. The van der Waals surface area contributed by atoms with Crippen molar-refractivity contribution in [3.05, 3.63) is 30.0 Å². The molecule has 80 valence electrons. The van der Waals surface area contributed by atoms with Gasteiger partial charge in [0.15, 0.2) is 0 Å². The fraction of sp³-hybridized carbons (Fsp3) is 0.200. The van der Waals surface area contributed by atoms with E-state index in [1.165, 1.54) is 6.07 Å². The van der Waals surface area contributed by atoms with E-state index in [0.717, 1.165) is 16.6 Å². The third kappa shape index (κ3) is 1.64. The summed E-state index contributed by atoms with van der Waals surface area (Å²) in [5.41, 5.74) is 2.08. The van der Waals surface area contributed by atoms with E-state index in [9.17, 15) is 8.42 Å². The second-order valence-electron chi connectivity index (χ2n) is 3.61. The molecule has 0 bridgehead atoms. The zero-order chi connectivity index (χ0) is 11.2. The summed E-state index contributed by atoms with van der Waals surface area (Å²) in [6.07, 6.45) is 0. The number of primary sulfonamides is 1. The van der Waals surface area contributed by atoms with Crippen LogP contribution in [-0.4, -0.2) is 13.0 Å². The van der Waals surface area contributed by atoms with Gasteiger partial charge in [0.25, 0.3) is 0 Å². The molecule has 2 aromatic rings. The summed E-state index contributed by atoms with van der Waals surface area (Å²) in [7, 11) is -1.67. The average Bonchev–Trinajstić information content (AvgIpc) is 2.41. The van der Waals surface area contributed by atoms with Gasteiger partial charge in [-0.1, -0.05) is 0 Å². The van der Waals surface area contributed by atoms with Crippen LogP contribution < -0.4 is 5.14 Å². The van der Waals surface area contributed by atoms with Crippen molar-refractivity contribution < 1.29 is 8.42 Å². The van der Waals surface area contributed by atoms with E-state index in [-0.39, 0.29) is 4.90 Å². The number of benzene rings is 1. The number of aryl methyl sites for hydroxylation is 2. The van der Waals surface area contributed by atoms with Crippen molar-refractivity contribution in [3.63, 3.8) is 0 Å². The highest BCUT2D eigenvalue weighted by Gasteiger charge is 2.10. The molecule has 0 spiro atoms. The average molecular weight is 224 g/mol. The summed E-state index contributed by atoms with van der Waals surface area (Å²) in [6.45, 7) is 1.97. The first-order valence-corrected chi connectivity index (χ1v) is 6.03. The molecule has 0 amide bonds. The van der Waals surface area contributed by atoms with Crippen molar-refractivity contribution in [2.24, 2.45) is 12.2 Å². The minimum atomic E-state index is -3.61. The Morgan fingerprint density at radius 2 is 1.93 bits per heavy atom. The van der Waals surface area contributed by atoms with Gasteiger partial charge in [-0.2, -0.15) is 0 Å². The highest BCUT2D eigenvalue weighted by Crippen LogP contribution is 2.21. The van der Waals surface area contributed by atoms with Crippen molar-refractivity contribution in [2.75, 3.05) is 0 Å². The van der Waals surface area contributed by atoms with Crippen molar-refractivity contribution in [1.82, 2.24) is 4.57 Å². The number of aromatic nitrogens is 1. The second-order valence-corrected chi connectivity index (χ2v) is 5.17. The smallest absolute Gasteiger partial charge is 0.238 e. The van der Waals surface area contributed by atoms with Crippen LogP contribution in [0.25, 0.3) is 10.9 Å². The van der Waals surface area contributed by atoms with Gasteiger partial charge in [0, 0.05) is 23.6 Å². The van der Waals surface area contributed by atoms with Gasteiger partial charge < -0.3 is 4.57 Å². The molecule has 0 saturated carbocycles. The van der Waals surface area contributed by atoms with Gasteiger partial charge in [0.1, 0.15) is 0 Å². The third-order valence-electron chi connectivity index (χ3n) is 2.58. The molecular weight excluding hydrogens is 212 g/mol. The first-order valence-electron chi connectivity index (χ1n) is 4.48.